The second-order valence-corrected chi connectivity index (χ2v) is 6.73. The SMILES string of the molecule is C[C@H](C(=O)N[C@H](C)c1cc(F)ccc1F)S(C)(=O)=O. The summed E-state index contributed by atoms with van der Waals surface area (Å²) >= 11 is 0. The van der Waals surface area contributed by atoms with Crippen LogP contribution in [0.2, 0.25) is 0 Å². The quantitative estimate of drug-likeness (QED) is 0.916. The Bertz CT molecular complexity index is 587. The number of halogens is 2. The van der Waals surface area contributed by atoms with E-state index in [1.807, 2.05) is 0 Å². The monoisotopic (exact) mass is 291 g/mol. The highest BCUT2D eigenvalue weighted by atomic mass is 32.2. The van der Waals surface area contributed by atoms with Gasteiger partial charge in [0.05, 0.1) is 6.04 Å². The van der Waals surface area contributed by atoms with Gasteiger partial charge in [0, 0.05) is 11.8 Å². The molecular formula is C12H15F2NO3S. The van der Waals surface area contributed by atoms with Crippen molar-refractivity contribution < 1.29 is 22.0 Å². The lowest BCUT2D eigenvalue weighted by atomic mass is 10.1. The van der Waals surface area contributed by atoms with Crippen molar-refractivity contribution in [1.82, 2.24) is 5.32 Å². The van der Waals surface area contributed by atoms with Crippen molar-refractivity contribution in [3.8, 4) is 0 Å². The van der Waals surface area contributed by atoms with Crippen LogP contribution in [0.25, 0.3) is 0 Å². The molecule has 1 aromatic carbocycles. The van der Waals surface area contributed by atoms with E-state index in [1.165, 1.54) is 13.8 Å². The fourth-order valence-electron chi connectivity index (χ4n) is 1.45. The molecule has 106 valence electrons. The van der Waals surface area contributed by atoms with Crippen LogP contribution >= 0.6 is 0 Å². The molecule has 0 bridgehead atoms. The Kier molecular flexibility index (Phi) is 4.62. The maximum absolute atomic E-state index is 13.5. The molecule has 1 aromatic rings. The molecule has 19 heavy (non-hydrogen) atoms. The Morgan fingerprint density at radius 3 is 2.37 bits per heavy atom. The molecule has 0 radical (unpaired) electrons. The number of benzene rings is 1. The van der Waals surface area contributed by atoms with Crippen LogP contribution in [0.4, 0.5) is 8.78 Å². The summed E-state index contributed by atoms with van der Waals surface area (Å²) in [6.07, 6.45) is 0.935. The van der Waals surface area contributed by atoms with Crippen LogP contribution in [0.5, 0.6) is 0 Å². The van der Waals surface area contributed by atoms with E-state index in [2.05, 4.69) is 5.32 Å². The van der Waals surface area contributed by atoms with E-state index in [0.29, 0.717) is 0 Å². The van der Waals surface area contributed by atoms with Gasteiger partial charge in [-0.1, -0.05) is 0 Å². The van der Waals surface area contributed by atoms with Gasteiger partial charge in [0.2, 0.25) is 5.91 Å². The van der Waals surface area contributed by atoms with Gasteiger partial charge in [0.1, 0.15) is 16.9 Å². The number of amides is 1. The number of nitrogens with one attached hydrogen (secondary N) is 1. The summed E-state index contributed by atoms with van der Waals surface area (Å²) in [5.74, 6) is -2.05. The third kappa shape index (κ3) is 3.99. The van der Waals surface area contributed by atoms with E-state index in [9.17, 15) is 22.0 Å². The smallest absolute Gasteiger partial charge is 0.238 e. The van der Waals surface area contributed by atoms with Gasteiger partial charge in [-0.2, -0.15) is 0 Å². The predicted octanol–water partition coefficient (Wildman–Crippen LogP) is 1.58. The summed E-state index contributed by atoms with van der Waals surface area (Å²) < 4.78 is 48.9. The van der Waals surface area contributed by atoms with Crippen molar-refractivity contribution in [3.63, 3.8) is 0 Å². The van der Waals surface area contributed by atoms with Gasteiger partial charge in [0.15, 0.2) is 9.84 Å². The molecule has 7 heteroatoms. The zero-order valence-corrected chi connectivity index (χ0v) is 11.6. The summed E-state index contributed by atoms with van der Waals surface area (Å²) in [5, 5.41) is 1.10. The largest absolute Gasteiger partial charge is 0.348 e. The molecule has 0 saturated heterocycles. The molecule has 1 N–H and O–H groups in total. The Labute approximate surface area is 110 Å². The molecule has 4 nitrogen and oxygen atoms in total. The highest BCUT2D eigenvalue weighted by Gasteiger charge is 2.25. The number of rotatable bonds is 4. The van der Waals surface area contributed by atoms with Crippen molar-refractivity contribution in [1.29, 1.82) is 0 Å². The molecule has 0 heterocycles. The third-order valence-corrected chi connectivity index (χ3v) is 4.29. The molecule has 1 rings (SSSR count). The topological polar surface area (TPSA) is 63.2 Å². The van der Waals surface area contributed by atoms with E-state index in [-0.39, 0.29) is 5.56 Å². The highest BCUT2D eigenvalue weighted by molar-refractivity contribution is 7.92. The molecule has 2 atom stereocenters. The Balaban J connectivity index is 2.88. The van der Waals surface area contributed by atoms with Crippen molar-refractivity contribution in [2.45, 2.75) is 25.1 Å². The van der Waals surface area contributed by atoms with Crippen LogP contribution in [0.1, 0.15) is 25.5 Å². The minimum absolute atomic E-state index is 0.0333. The van der Waals surface area contributed by atoms with E-state index in [1.54, 1.807) is 0 Å². The molecule has 0 spiro atoms. The van der Waals surface area contributed by atoms with E-state index < -0.39 is 38.7 Å². The fraction of sp³-hybridized carbons (Fsp3) is 0.417. The Morgan fingerprint density at radius 1 is 1.26 bits per heavy atom. The van der Waals surface area contributed by atoms with Crippen molar-refractivity contribution >= 4 is 15.7 Å². The van der Waals surface area contributed by atoms with Crippen LogP contribution in [-0.4, -0.2) is 25.8 Å². The highest BCUT2D eigenvalue weighted by Crippen LogP contribution is 2.18. The average molecular weight is 291 g/mol. The molecule has 0 unspecified atom stereocenters. The van der Waals surface area contributed by atoms with E-state index in [0.717, 1.165) is 24.5 Å². The lowest BCUT2D eigenvalue weighted by Gasteiger charge is -2.17. The van der Waals surface area contributed by atoms with Gasteiger partial charge in [-0.25, -0.2) is 17.2 Å². The maximum Gasteiger partial charge on any atom is 0.238 e. The Morgan fingerprint density at radius 2 is 1.84 bits per heavy atom. The zero-order valence-electron chi connectivity index (χ0n) is 10.8. The fourth-order valence-corrected chi connectivity index (χ4v) is 1.91. The van der Waals surface area contributed by atoms with Gasteiger partial charge >= 0.3 is 0 Å². The van der Waals surface area contributed by atoms with Gasteiger partial charge < -0.3 is 5.32 Å². The van der Waals surface area contributed by atoms with Gasteiger partial charge in [0.25, 0.3) is 0 Å². The van der Waals surface area contributed by atoms with Crippen LogP contribution in [-0.2, 0) is 14.6 Å². The van der Waals surface area contributed by atoms with E-state index in [4.69, 9.17) is 0 Å². The maximum atomic E-state index is 13.5. The van der Waals surface area contributed by atoms with E-state index >= 15 is 0 Å². The molecule has 1 amide bonds. The van der Waals surface area contributed by atoms with Crippen molar-refractivity contribution in [2.24, 2.45) is 0 Å². The molecule has 0 saturated carbocycles. The summed E-state index contributed by atoms with van der Waals surface area (Å²) in [6.45, 7) is 2.68. The standard InChI is InChI=1S/C12H15F2NO3S/c1-7(10-6-9(13)4-5-11(10)14)15-12(16)8(2)19(3,17)18/h4-8H,1-3H3,(H,15,16)/t7-,8-/m1/s1. The van der Waals surface area contributed by atoms with Crippen molar-refractivity contribution in [3.05, 3.63) is 35.4 Å². The summed E-state index contributed by atoms with van der Waals surface area (Å²) in [7, 11) is -3.53. The van der Waals surface area contributed by atoms with Crippen molar-refractivity contribution in [2.75, 3.05) is 6.26 Å². The average Bonchev–Trinajstić information content (AvgIpc) is 2.29. The number of sulfone groups is 1. The molecule has 0 aliphatic rings. The number of hydrogen-bond acceptors (Lipinski definition) is 3. The second kappa shape index (κ2) is 5.64. The van der Waals surface area contributed by atoms with Gasteiger partial charge in [-0.15, -0.1) is 0 Å². The van der Waals surface area contributed by atoms with Gasteiger partial charge in [-0.3, -0.25) is 4.79 Å². The molecule has 0 fully saturated rings. The summed E-state index contributed by atoms with van der Waals surface area (Å²) in [6, 6.07) is 2.05. The molecule has 0 aromatic heterocycles. The first-order valence-electron chi connectivity index (χ1n) is 5.57. The molecule has 0 aliphatic carbocycles. The van der Waals surface area contributed by atoms with Crippen LogP contribution in [0, 0.1) is 11.6 Å². The first-order valence-corrected chi connectivity index (χ1v) is 7.52. The minimum Gasteiger partial charge on any atom is -0.348 e. The lowest BCUT2D eigenvalue weighted by Crippen LogP contribution is -2.38. The predicted molar refractivity (Wildman–Crippen MR) is 67.2 cm³/mol. The van der Waals surface area contributed by atoms with Crippen LogP contribution < -0.4 is 5.32 Å². The first-order chi connectivity index (χ1) is 8.62. The number of hydrogen-bond donors (Lipinski definition) is 1. The Hall–Kier alpha value is -1.50. The second-order valence-electron chi connectivity index (χ2n) is 4.37. The van der Waals surface area contributed by atoms with Crippen LogP contribution in [0.3, 0.4) is 0 Å². The molecular weight excluding hydrogens is 276 g/mol. The lowest BCUT2D eigenvalue weighted by molar-refractivity contribution is -0.121. The van der Waals surface area contributed by atoms with Crippen LogP contribution in [0.15, 0.2) is 18.2 Å². The minimum atomic E-state index is -3.53. The molecule has 0 aliphatic heterocycles. The number of carbonyl (C=O) groups excluding carboxylic acids is 1. The van der Waals surface area contributed by atoms with Gasteiger partial charge in [-0.05, 0) is 32.0 Å². The first kappa shape index (κ1) is 15.6. The zero-order chi connectivity index (χ0) is 14.8. The normalized spacial score (nSPS) is 14.8. The number of carbonyl (C=O) groups is 1. The summed E-state index contributed by atoms with van der Waals surface area (Å²) in [5.41, 5.74) is -0.0333. The third-order valence-electron chi connectivity index (χ3n) is 2.79. The summed E-state index contributed by atoms with van der Waals surface area (Å²) in [4.78, 5) is 11.7.